The van der Waals surface area contributed by atoms with E-state index in [0.29, 0.717) is 50.1 Å². The molecule has 7 nitrogen and oxygen atoms in total. The van der Waals surface area contributed by atoms with Crippen molar-refractivity contribution in [3.05, 3.63) is 18.2 Å². The number of nitrogens with one attached hydrogen (secondary N) is 1. The summed E-state index contributed by atoms with van der Waals surface area (Å²) in [6, 6.07) is 5.12. The minimum Gasteiger partial charge on any atom is -0.497 e. The smallest absolute Gasteiger partial charge is 0.246 e. The molecule has 1 aromatic rings. The van der Waals surface area contributed by atoms with Crippen LogP contribution >= 0.6 is 0 Å². The fraction of sp³-hybridized carbons (Fsp3) is 0.720. The Morgan fingerprint density at radius 3 is 2.45 bits per heavy atom. The van der Waals surface area contributed by atoms with Gasteiger partial charge >= 0.3 is 0 Å². The van der Waals surface area contributed by atoms with Crippen molar-refractivity contribution in [2.24, 2.45) is 29.6 Å². The second kappa shape index (κ2) is 9.10. The molecule has 5 rings (SSSR count). The van der Waals surface area contributed by atoms with Gasteiger partial charge in [-0.3, -0.25) is 4.79 Å². The molecule has 5 atom stereocenters. The number of piperidine rings is 1. The van der Waals surface area contributed by atoms with Gasteiger partial charge in [0.25, 0.3) is 0 Å². The first kappa shape index (κ1) is 23.0. The lowest BCUT2D eigenvalue weighted by Gasteiger charge is -2.40. The van der Waals surface area contributed by atoms with E-state index in [-0.39, 0.29) is 22.5 Å². The molecule has 3 bridgehead atoms. The number of carbonyl (C=O) groups excluding carboxylic acids is 1. The standard InChI is InChI=1S/C25H36N2O5S/c1-31-20-3-4-24(23(15-20)32-2)33(29,30)27-7-5-16(6-8-27)14-25(28)26-22-13-18-9-17-10-19(11-18)21(22)12-17/h3-4,15-19,21-22H,5-14H2,1-2H3,(H,26,28)/t17-,18?,19?,21?,22?/m0/s1. The average Bonchev–Trinajstić information content (AvgIpc) is 3.04. The summed E-state index contributed by atoms with van der Waals surface area (Å²) >= 11 is 0. The molecule has 3 saturated carbocycles. The highest BCUT2D eigenvalue weighted by atomic mass is 32.2. The highest BCUT2D eigenvalue weighted by Gasteiger charge is 2.49. The van der Waals surface area contributed by atoms with Crippen molar-refractivity contribution in [3.63, 3.8) is 0 Å². The van der Waals surface area contributed by atoms with Crippen molar-refractivity contribution in [3.8, 4) is 11.5 Å². The topological polar surface area (TPSA) is 84.9 Å². The number of benzene rings is 1. The Morgan fingerprint density at radius 1 is 1.03 bits per heavy atom. The van der Waals surface area contributed by atoms with Crippen molar-refractivity contribution >= 4 is 15.9 Å². The van der Waals surface area contributed by atoms with Gasteiger partial charge in [-0.15, -0.1) is 0 Å². The quantitative estimate of drug-likeness (QED) is 0.652. The summed E-state index contributed by atoms with van der Waals surface area (Å²) in [6.07, 6.45) is 8.48. The number of ether oxygens (including phenoxy) is 2. The fourth-order valence-corrected chi connectivity index (χ4v) is 8.74. The van der Waals surface area contributed by atoms with Crippen molar-refractivity contribution in [2.45, 2.75) is 62.3 Å². The van der Waals surface area contributed by atoms with Gasteiger partial charge in [0, 0.05) is 31.6 Å². The molecule has 1 heterocycles. The minimum atomic E-state index is -3.66. The molecule has 1 amide bonds. The molecule has 0 radical (unpaired) electrons. The van der Waals surface area contributed by atoms with Crippen LogP contribution in [0.15, 0.2) is 23.1 Å². The predicted octanol–water partition coefficient (Wildman–Crippen LogP) is 3.44. The molecular formula is C25H36N2O5S. The number of rotatable bonds is 7. The van der Waals surface area contributed by atoms with Crippen molar-refractivity contribution in [1.82, 2.24) is 9.62 Å². The summed E-state index contributed by atoms with van der Waals surface area (Å²) in [6.45, 7) is 0.848. The summed E-state index contributed by atoms with van der Waals surface area (Å²) in [7, 11) is -0.668. The van der Waals surface area contributed by atoms with E-state index in [0.717, 1.165) is 24.2 Å². The lowest BCUT2D eigenvalue weighted by Crippen LogP contribution is -2.46. The van der Waals surface area contributed by atoms with Gasteiger partial charge in [0.1, 0.15) is 16.4 Å². The summed E-state index contributed by atoms with van der Waals surface area (Å²) < 4.78 is 38.5. The Labute approximate surface area is 197 Å². The number of fused-ring (bicyclic) bond motifs is 2. The van der Waals surface area contributed by atoms with E-state index < -0.39 is 10.0 Å². The van der Waals surface area contributed by atoms with Crippen LogP contribution in [-0.2, 0) is 14.8 Å². The first-order valence-electron chi connectivity index (χ1n) is 12.4. The molecule has 4 unspecified atom stereocenters. The van der Waals surface area contributed by atoms with Crippen LogP contribution < -0.4 is 14.8 Å². The monoisotopic (exact) mass is 476 g/mol. The lowest BCUT2D eigenvalue weighted by molar-refractivity contribution is -0.123. The highest BCUT2D eigenvalue weighted by Crippen LogP contribution is 2.55. The molecule has 4 aliphatic rings. The third kappa shape index (κ3) is 4.48. The van der Waals surface area contributed by atoms with E-state index in [1.165, 1.54) is 50.3 Å². The summed E-state index contributed by atoms with van der Waals surface area (Å²) in [5.41, 5.74) is 0. The first-order valence-corrected chi connectivity index (χ1v) is 13.8. The number of carbonyl (C=O) groups is 1. The third-order valence-electron chi connectivity index (χ3n) is 8.64. The van der Waals surface area contributed by atoms with E-state index in [4.69, 9.17) is 9.47 Å². The molecule has 1 N–H and O–H groups in total. The molecule has 4 fully saturated rings. The molecule has 1 saturated heterocycles. The summed E-state index contributed by atoms with van der Waals surface area (Å²) in [5, 5.41) is 3.39. The van der Waals surface area contributed by atoms with Gasteiger partial charge in [0.2, 0.25) is 15.9 Å². The molecule has 182 valence electrons. The van der Waals surface area contributed by atoms with E-state index >= 15 is 0 Å². The van der Waals surface area contributed by atoms with Gasteiger partial charge in [-0.2, -0.15) is 4.31 Å². The van der Waals surface area contributed by atoms with Gasteiger partial charge in [-0.05, 0) is 86.7 Å². The number of sulfonamides is 1. The van der Waals surface area contributed by atoms with E-state index in [9.17, 15) is 13.2 Å². The van der Waals surface area contributed by atoms with E-state index in [2.05, 4.69) is 5.32 Å². The van der Waals surface area contributed by atoms with E-state index in [1.807, 2.05) is 0 Å². The molecule has 3 aliphatic carbocycles. The maximum absolute atomic E-state index is 13.2. The van der Waals surface area contributed by atoms with Crippen molar-refractivity contribution in [2.75, 3.05) is 27.3 Å². The number of hydrogen-bond donors (Lipinski definition) is 1. The molecule has 0 spiro atoms. The molecule has 0 aromatic heterocycles. The zero-order valence-electron chi connectivity index (χ0n) is 19.7. The van der Waals surface area contributed by atoms with Crippen LogP contribution in [0, 0.1) is 29.6 Å². The summed E-state index contributed by atoms with van der Waals surface area (Å²) in [4.78, 5) is 13.0. The molecule has 33 heavy (non-hydrogen) atoms. The second-order valence-electron chi connectivity index (χ2n) is 10.6. The Balaban J connectivity index is 1.15. The molecule has 8 heteroatoms. The normalized spacial score (nSPS) is 32.0. The van der Waals surface area contributed by atoms with Crippen LogP contribution in [0.1, 0.15) is 51.4 Å². The zero-order chi connectivity index (χ0) is 23.2. The Morgan fingerprint density at radius 2 is 1.76 bits per heavy atom. The van der Waals surface area contributed by atoms with Gasteiger partial charge < -0.3 is 14.8 Å². The van der Waals surface area contributed by atoms with Crippen LogP contribution in [0.2, 0.25) is 0 Å². The first-order chi connectivity index (χ1) is 15.9. The van der Waals surface area contributed by atoms with Crippen LogP contribution in [0.5, 0.6) is 11.5 Å². The SMILES string of the molecule is COc1ccc(S(=O)(=O)N2CCC(CC(=O)NC3CC4CC5C[C@H](C4)CC53)CC2)c(OC)c1. The minimum absolute atomic E-state index is 0.155. The maximum Gasteiger partial charge on any atom is 0.246 e. The predicted molar refractivity (Wildman–Crippen MR) is 125 cm³/mol. The lowest BCUT2D eigenvalue weighted by atomic mass is 9.70. The maximum atomic E-state index is 13.2. The summed E-state index contributed by atoms with van der Waals surface area (Å²) in [5.74, 6) is 4.44. The van der Waals surface area contributed by atoms with E-state index in [1.54, 1.807) is 12.1 Å². The average molecular weight is 477 g/mol. The number of methoxy groups -OCH3 is 2. The van der Waals surface area contributed by atoms with Crippen molar-refractivity contribution in [1.29, 1.82) is 0 Å². The number of amides is 1. The number of nitrogens with zero attached hydrogens (tertiary/aromatic N) is 1. The molecule has 1 aliphatic heterocycles. The Bertz CT molecular complexity index is 987. The molecular weight excluding hydrogens is 440 g/mol. The Kier molecular flexibility index (Phi) is 6.33. The van der Waals surface area contributed by atoms with Crippen LogP contribution in [0.4, 0.5) is 0 Å². The van der Waals surface area contributed by atoms with Crippen LogP contribution in [0.3, 0.4) is 0 Å². The van der Waals surface area contributed by atoms with Crippen molar-refractivity contribution < 1.29 is 22.7 Å². The molecule has 1 aromatic carbocycles. The fourth-order valence-electron chi connectivity index (χ4n) is 7.13. The van der Waals surface area contributed by atoms with Gasteiger partial charge in [-0.1, -0.05) is 0 Å². The highest BCUT2D eigenvalue weighted by molar-refractivity contribution is 7.89. The van der Waals surface area contributed by atoms with Crippen LogP contribution in [0.25, 0.3) is 0 Å². The third-order valence-corrected chi connectivity index (χ3v) is 10.6. The second-order valence-corrected chi connectivity index (χ2v) is 12.5. The van der Waals surface area contributed by atoms with Crippen LogP contribution in [-0.4, -0.2) is 52.0 Å². The van der Waals surface area contributed by atoms with Gasteiger partial charge in [0.05, 0.1) is 14.2 Å². The van der Waals surface area contributed by atoms with Gasteiger partial charge in [-0.25, -0.2) is 8.42 Å². The zero-order valence-corrected chi connectivity index (χ0v) is 20.5. The number of hydrogen-bond acceptors (Lipinski definition) is 5. The Hall–Kier alpha value is -1.80. The largest absolute Gasteiger partial charge is 0.497 e. The van der Waals surface area contributed by atoms with Gasteiger partial charge in [0.15, 0.2) is 0 Å².